The molecular formula is C16H18ClF4NOS. The highest BCUT2D eigenvalue weighted by atomic mass is 35.5. The fourth-order valence-electron chi connectivity index (χ4n) is 2.38. The molecule has 0 radical (unpaired) electrons. The molecule has 0 bridgehead atoms. The van der Waals surface area contributed by atoms with Gasteiger partial charge in [-0.2, -0.15) is 4.40 Å². The van der Waals surface area contributed by atoms with Crippen molar-refractivity contribution < 1.29 is 21.8 Å². The highest BCUT2D eigenvalue weighted by Gasteiger charge is 2.40. The summed E-state index contributed by atoms with van der Waals surface area (Å²) in [6, 6.07) is 2.14. The average Bonchev–Trinajstić information content (AvgIpc) is 2.41. The van der Waals surface area contributed by atoms with Crippen LogP contribution in [-0.4, -0.2) is 21.1 Å². The summed E-state index contributed by atoms with van der Waals surface area (Å²) in [6.45, 7) is 5.09. The Morgan fingerprint density at radius 1 is 1.29 bits per heavy atom. The van der Waals surface area contributed by atoms with E-state index in [1.165, 1.54) is 0 Å². The minimum Gasteiger partial charge on any atom is -0.234 e. The molecule has 0 spiro atoms. The largest absolute Gasteiger partial charge is 0.241 e. The molecule has 1 aliphatic rings. The Hall–Kier alpha value is -0.950. The van der Waals surface area contributed by atoms with E-state index >= 15 is 0 Å². The van der Waals surface area contributed by atoms with Gasteiger partial charge in [-0.1, -0.05) is 11.6 Å². The Balaban J connectivity index is 2.43. The van der Waals surface area contributed by atoms with Crippen LogP contribution in [0.1, 0.15) is 39.2 Å². The highest BCUT2D eigenvalue weighted by Crippen LogP contribution is 2.41. The van der Waals surface area contributed by atoms with Gasteiger partial charge in [0.1, 0.15) is 21.8 Å². The Morgan fingerprint density at radius 3 is 2.38 bits per heavy atom. The van der Waals surface area contributed by atoms with Crippen molar-refractivity contribution in [2.75, 3.05) is 0 Å². The number of halogens is 5. The molecule has 2 rings (SSSR count). The molecule has 2 nitrogen and oxygen atoms in total. The number of hydrogen-bond donors (Lipinski definition) is 0. The number of nitrogens with zero attached hydrogens (tertiary/aromatic N) is 1. The third-order valence-corrected chi connectivity index (χ3v) is 5.69. The van der Waals surface area contributed by atoms with Gasteiger partial charge in [0.05, 0.1) is 10.5 Å². The molecule has 0 unspecified atom stereocenters. The lowest BCUT2D eigenvalue weighted by Gasteiger charge is -2.36. The Bertz CT molecular complexity index is 681. The molecule has 8 heteroatoms. The molecule has 0 aliphatic heterocycles. The van der Waals surface area contributed by atoms with Crippen molar-refractivity contribution in [3.8, 4) is 0 Å². The molecule has 1 atom stereocenters. The van der Waals surface area contributed by atoms with Gasteiger partial charge >= 0.3 is 0 Å². The van der Waals surface area contributed by atoms with Crippen molar-refractivity contribution in [3.05, 3.63) is 34.4 Å². The zero-order valence-electron chi connectivity index (χ0n) is 13.5. The number of benzene rings is 1. The van der Waals surface area contributed by atoms with E-state index in [0.717, 1.165) is 12.1 Å². The minimum absolute atomic E-state index is 0.0864. The fourth-order valence-corrected chi connectivity index (χ4v) is 3.25. The van der Waals surface area contributed by atoms with Crippen LogP contribution < -0.4 is 0 Å². The summed E-state index contributed by atoms with van der Waals surface area (Å²) in [6.07, 6.45) is -2.23. The zero-order valence-corrected chi connectivity index (χ0v) is 15.0. The van der Waals surface area contributed by atoms with Gasteiger partial charge in [-0.3, -0.25) is 0 Å². The molecule has 0 amide bonds. The minimum atomic E-state index is -2.46. The van der Waals surface area contributed by atoms with Gasteiger partial charge in [0.2, 0.25) is 6.43 Å². The summed E-state index contributed by atoms with van der Waals surface area (Å²) < 4.78 is 68.9. The lowest BCUT2D eigenvalue weighted by molar-refractivity contribution is 0.0199. The van der Waals surface area contributed by atoms with Gasteiger partial charge in [-0.05, 0) is 45.7 Å². The highest BCUT2D eigenvalue weighted by molar-refractivity contribution is 7.85. The lowest BCUT2D eigenvalue weighted by atomic mass is 9.71. The maximum absolute atomic E-state index is 14.3. The van der Waals surface area contributed by atoms with E-state index in [1.54, 1.807) is 20.8 Å². The van der Waals surface area contributed by atoms with Crippen molar-refractivity contribution in [2.45, 2.75) is 44.8 Å². The molecule has 0 saturated heterocycles. The molecule has 0 aromatic heterocycles. The van der Waals surface area contributed by atoms with Crippen LogP contribution in [-0.2, 0) is 11.0 Å². The van der Waals surface area contributed by atoms with E-state index in [9.17, 15) is 21.8 Å². The predicted molar refractivity (Wildman–Crippen MR) is 88.0 cm³/mol. The van der Waals surface area contributed by atoms with Crippen LogP contribution in [0.15, 0.2) is 16.5 Å². The van der Waals surface area contributed by atoms with Gasteiger partial charge < -0.3 is 0 Å². The van der Waals surface area contributed by atoms with Gasteiger partial charge in [0, 0.05) is 17.4 Å². The average molecular weight is 384 g/mol. The predicted octanol–water partition coefficient (Wildman–Crippen LogP) is 5.16. The first-order valence-corrected chi connectivity index (χ1v) is 8.93. The fraction of sp³-hybridized carbons (Fsp3) is 0.562. The first kappa shape index (κ1) is 19.4. The summed E-state index contributed by atoms with van der Waals surface area (Å²) in [5.41, 5.74) is 0.0243. The second kappa shape index (κ2) is 7.12. The van der Waals surface area contributed by atoms with Gasteiger partial charge in [0.15, 0.2) is 5.82 Å². The van der Waals surface area contributed by atoms with Crippen LogP contribution in [0.5, 0.6) is 0 Å². The van der Waals surface area contributed by atoms with E-state index in [-0.39, 0.29) is 24.1 Å². The van der Waals surface area contributed by atoms with E-state index in [4.69, 9.17) is 11.6 Å². The molecule has 1 aromatic rings. The molecule has 0 heterocycles. The van der Waals surface area contributed by atoms with Crippen molar-refractivity contribution in [1.82, 2.24) is 0 Å². The smallest absolute Gasteiger partial charge is 0.234 e. The molecule has 134 valence electrons. The maximum Gasteiger partial charge on any atom is 0.241 e. The number of rotatable bonds is 4. The van der Waals surface area contributed by atoms with Crippen LogP contribution in [0.3, 0.4) is 0 Å². The summed E-state index contributed by atoms with van der Waals surface area (Å²) >= 11 is 5.60. The first-order chi connectivity index (χ1) is 11.0. The van der Waals surface area contributed by atoms with E-state index < -0.39 is 50.7 Å². The summed E-state index contributed by atoms with van der Waals surface area (Å²) in [4.78, 5) is 0. The Morgan fingerprint density at radius 2 is 1.88 bits per heavy atom. The SMILES string of the molecule is CC(C)(C)[S@@](=O)/N=C(/c1ccc(F)c(Cl)c1F)C1CC(C(F)F)C1. The quantitative estimate of drug-likeness (QED) is 0.401. The van der Waals surface area contributed by atoms with Crippen LogP contribution in [0.4, 0.5) is 17.6 Å². The molecule has 1 aromatic carbocycles. The molecule has 1 aliphatic carbocycles. The van der Waals surface area contributed by atoms with Crippen LogP contribution >= 0.6 is 11.6 Å². The second-order valence-electron chi connectivity index (χ2n) is 6.82. The van der Waals surface area contributed by atoms with E-state index in [2.05, 4.69) is 4.40 Å². The first-order valence-electron chi connectivity index (χ1n) is 7.45. The van der Waals surface area contributed by atoms with Crippen molar-refractivity contribution in [2.24, 2.45) is 16.2 Å². The van der Waals surface area contributed by atoms with Crippen molar-refractivity contribution in [3.63, 3.8) is 0 Å². The molecule has 1 saturated carbocycles. The monoisotopic (exact) mass is 383 g/mol. The zero-order chi connectivity index (χ0) is 18.2. The molecule has 24 heavy (non-hydrogen) atoms. The maximum atomic E-state index is 14.3. The van der Waals surface area contributed by atoms with Gasteiger partial charge in [-0.15, -0.1) is 0 Å². The van der Waals surface area contributed by atoms with Crippen molar-refractivity contribution in [1.29, 1.82) is 0 Å². The normalized spacial score (nSPS) is 23.3. The molecular weight excluding hydrogens is 366 g/mol. The number of hydrogen-bond acceptors (Lipinski definition) is 1. The summed E-state index contributed by atoms with van der Waals surface area (Å²) in [5.74, 6) is -3.18. The van der Waals surface area contributed by atoms with Crippen molar-refractivity contribution >= 4 is 28.3 Å². The second-order valence-corrected chi connectivity index (χ2v) is 9.11. The van der Waals surface area contributed by atoms with Gasteiger partial charge in [0.25, 0.3) is 0 Å². The van der Waals surface area contributed by atoms with E-state index in [1.807, 2.05) is 0 Å². The Labute approximate surface area is 145 Å². The number of alkyl halides is 2. The lowest BCUT2D eigenvalue weighted by Crippen LogP contribution is -2.36. The Kier molecular flexibility index (Phi) is 5.75. The summed E-state index contributed by atoms with van der Waals surface area (Å²) in [5, 5.41) is -0.688. The van der Waals surface area contributed by atoms with Gasteiger partial charge in [-0.25, -0.2) is 21.8 Å². The summed E-state index contributed by atoms with van der Waals surface area (Å²) in [7, 11) is -1.70. The van der Waals surface area contributed by atoms with Crippen LogP contribution in [0.2, 0.25) is 5.02 Å². The molecule has 1 fully saturated rings. The third-order valence-electron chi connectivity index (χ3n) is 3.93. The molecule has 0 N–H and O–H groups in total. The standard InChI is InChI=1S/C16H18ClF4NOS/c1-16(2,3)24(23)22-14(8-6-9(7-8)15(20)21)10-4-5-11(18)12(17)13(10)19/h4-5,8-9,15H,6-7H2,1-3H3/b22-14+/t8?,9?,24-/m1/s1. The third kappa shape index (κ3) is 3.99. The van der Waals surface area contributed by atoms with Crippen LogP contribution in [0, 0.1) is 23.5 Å². The van der Waals surface area contributed by atoms with Crippen LogP contribution in [0.25, 0.3) is 0 Å². The van der Waals surface area contributed by atoms with E-state index in [0.29, 0.717) is 0 Å². The topological polar surface area (TPSA) is 29.4 Å².